The topological polar surface area (TPSA) is 51.2 Å². The maximum atomic E-state index is 12.7. The summed E-state index contributed by atoms with van der Waals surface area (Å²) >= 11 is 1.48. The molecule has 5 heteroatoms. The van der Waals surface area contributed by atoms with Crippen LogP contribution in [-0.2, 0) is 17.8 Å². The van der Waals surface area contributed by atoms with Crippen LogP contribution in [0.15, 0.2) is 90.3 Å². The number of esters is 1. The molecular formula is C24H20N2O2S. The SMILES string of the molecule is O=C(OCc1csc(Nc2ccccc2)n1)c1ccccc1Cc1ccccc1. The van der Waals surface area contributed by atoms with Crippen LogP contribution in [-0.4, -0.2) is 11.0 Å². The van der Waals surface area contributed by atoms with Crippen LogP contribution < -0.4 is 5.32 Å². The first kappa shape index (κ1) is 18.9. The monoisotopic (exact) mass is 400 g/mol. The third kappa shape index (κ3) is 5.09. The molecule has 0 fully saturated rings. The first-order valence-electron chi connectivity index (χ1n) is 9.33. The highest BCUT2D eigenvalue weighted by atomic mass is 32.1. The summed E-state index contributed by atoms with van der Waals surface area (Å²) in [6.07, 6.45) is 0.688. The molecule has 3 aromatic carbocycles. The second-order valence-electron chi connectivity index (χ2n) is 6.53. The van der Waals surface area contributed by atoms with Crippen LogP contribution in [0.25, 0.3) is 0 Å². The zero-order valence-electron chi connectivity index (χ0n) is 15.7. The number of hydrogen-bond donors (Lipinski definition) is 1. The summed E-state index contributed by atoms with van der Waals surface area (Å²) in [6.45, 7) is 0.144. The maximum Gasteiger partial charge on any atom is 0.338 e. The number of carbonyl (C=O) groups is 1. The molecule has 0 saturated heterocycles. The van der Waals surface area contributed by atoms with Crippen molar-refractivity contribution in [2.24, 2.45) is 0 Å². The van der Waals surface area contributed by atoms with E-state index in [0.29, 0.717) is 12.0 Å². The zero-order chi connectivity index (χ0) is 19.9. The third-order valence-corrected chi connectivity index (χ3v) is 5.21. The first-order chi connectivity index (χ1) is 14.3. The molecular weight excluding hydrogens is 380 g/mol. The summed E-state index contributed by atoms with van der Waals surface area (Å²) in [5, 5.41) is 5.91. The van der Waals surface area contributed by atoms with E-state index in [1.165, 1.54) is 11.3 Å². The smallest absolute Gasteiger partial charge is 0.338 e. The van der Waals surface area contributed by atoms with Crippen LogP contribution in [0.5, 0.6) is 0 Å². The number of para-hydroxylation sites is 1. The lowest BCUT2D eigenvalue weighted by molar-refractivity contribution is 0.0467. The van der Waals surface area contributed by atoms with Gasteiger partial charge in [-0.05, 0) is 35.7 Å². The second kappa shape index (κ2) is 9.17. The molecule has 0 spiro atoms. The number of nitrogens with one attached hydrogen (secondary N) is 1. The van der Waals surface area contributed by atoms with Crippen molar-refractivity contribution in [1.29, 1.82) is 0 Å². The Hall–Kier alpha value is -3.44. The van der Waals surface area contributed by atoms with Gasteiger partial charge in [0.15, 0.2) is 5.13 Å². The number of aromatic nitrogens is 1. The summed E-state index contributed by atoms with van der Waals surface area (Å²) in [6, 6.07) is 27.5. The van der Waals surface area contributed by atoms with Gasteiger partial charge in [-0.1, -0.05) is 66.7 Å². The second-order valence-corrected chi connectivity index (χ2v) is 7.39. The van der Waals surface area contributed by atoms with Gasteiger partial charge >= 0.3 is 5.97 Å². The van der Waals surface area contributed by atoms with Crippen molar-refractivity contribution in [3.05, 3.63) is 113 Å². The van der Waals surface area contributed by atoms with Gasteiger partial charge in [0.1, 0.15) is 6.61 Å². The van der Waals surface area contributed by atoms with Crippen molar-refractivity contribution in [1.82, 2.24) is 4.98 Å². The molecule has 0 bridgehead atoms. The largest absolute Gasteiger partial charge is 0.456 e. The molecule has 0 aliphatic carbocycles. The Labute approximate surface area is 173 Å². The molecule has 0 radical (unpaired) electrons. The number of ether oxygens (including phenoxy) is 1. The molecule has 4 nitrogen and oxygen atoms in total. The molecule has 0 aliphatic heterocycles. The fraction of sp³-hybridized carbons (Fsp3) is 0.0833. The first-order valence-corrected chi connectivity index (χ1v) is 10.2. The minimum absolute atomic E-state index is 0.144. The Morgan fingerprint density at radius 3 is 2.38 bits per heavy atom. The van der Waals surface area contributed by atoms with E-state index in [-0.39, 0.29) is 12.6 Å². The standard InChI is InChI=1S/C24H20N2O2S/c27-23(22-14-8-7-11-19(22)15-18-9-3-1-4-10-18)28-16-21-17-29-24(26-21)25-20-12-5-2-6-13-20/h1-14,17H,15-16H2,(H,25,26). The average molecular weight is 401 g/mol. The molecule has 0 amide bonds. The van der Waals surface area contributed by atoms with Gasteiger partial charge in [-0.25, -0.2) is 9.78 Å². The Morgan fingerprint density at radius 2 is 1.59 bits per heavy atom. The number of carbonyl (C=O) groups excluding carboxylic acids is 1. The van der Waals surface area contributed by atoms with Crippen molar-refractivity contribution >= 4 is 28.1 Å². The Morgan fingerprint density at radius 1 is 0.897 bits per heavy atom. The molecule has 0 saturated carbocycles. The fourth-order valence-electron chi connectivity index (χ4n) is 2.98. The molecule has 29 heavy (non-hydrogen) atoms. The molecule has 1 heterocycles. The molecule has 0 atom stereocenters. The Kier molecular flexibility index (Phi) is 5.98. The average Bonchev–Trinajstić information content (AvgIpc) is 3.21. The number of nitrogens with zero attached hydrogens (tertiary/aromatic N) is 1. The Balaban J connectivity index is 1.39. The van der Waals surface area contributed by atoms with Crippen molar-refractivity contribution < 1.29 is 9.53 Å². The third-order valence-electron chi connectivity index (χ3n) is 4.40. The van der Waals surface area contributed by atoms with Crippen LogP contribution in [0.1, 0.15) is 27.2 Å². The minimum Gasteiger partial charge on any atom is -0.456 e. The number of rotatable bonds is 7. The molecule has 0 unspecified atom stereocenters. The van der Waals surface area contributed by atoms with Gasteiger partial charge in [0, 0.05) is 11.1 Å². The number of hydrogen-bond acceptors (Lipinski definition) is 5. The van der Waals surface area contributed by atoms with E-state index in [9.17, 15) is 4.79 Å². The lowest BCUT2D eigenvalue weighted by atomic mass is 10.00. The maximum absolute atomic E-state index is 12.7. The lowest BCUT2D eigenvalue weighted by Gasteiger charge is -2.09. The van der Waals surface area contributed by atoms with E-state index < -0.39 is 0 Å². The normalized spacial score (nSPS) is 10.5. The summed E-state index contributed by atoms with van der Waals surface area (Å²) < 4.78 is 5.53. The van der Waals surface area contributed by atoms with Crippen LogP contribution in [0.4, 0.5) is 10.8 Å². The van der Waals surface area contributed by atoms with E-state index in [4.69, 9.17) is 4.74 Å². The van der Waals surface area contributed by atoms with Crippen molar-refractivity contribution in [2.45, 2.75) is 13.0 Å². The van der Waals surface area contributed by atoms with Gasteiger partial charge in [-0.2, -0.15) is 0 Å². The summed E-state index contributed by atoms with van der Waals surface area (Å²) in [5.41, 5.74) is 4.40. The van der Waals surface area contributed by atoms with E-state index in [1.54, 1.807) is 0 Å². The zero-order valence-corrected chi connectivity index (χ0v) is 16.6. The van der Waals surface area contributed by atoms with Gasteiger partial charge in [0.2, 0.25) is 0 Å². The lowest BCUT2D eigenvalue weighted by Crippen LogP contribution is -2.09. The number of thiazole rings is 1. The highest BCUT2D eigenvalue weighted by Crippen LogP contribution is 2.22. The summed E-state index contributed by atoms with van der Waals surface area (Å²) in [5.74, 6) is -0.331. The van der Waals surface area contributed by atoms with Crippen LogP contribution in [0.2, 0.25) is 0 Å². The van der Waals surface area contributed by atoms with Gasteiger partial charge in [-0.3, -0.25) is 0 Å². The molecule has 4 aromatic rings. The van der Waals surface area contributed by atoms with Gasteiger partial charge in [0.25, 0.3) is 0 Å². The quantitative estimate of drug-likeness (QED) is 0.396. The van der Waals surface area contributed by atoms with Crippen molar-refractivity contribution in [3.63, 3.8) is 0 Å². The van der Waals surface area contributed by atoms with Crippen molar-refractivity contribution in [2.75, 3.05) is 5.32 Å². The molecule has 4 rings (SSSR count). The molecule has 0 aliphatic rings. The molecule has 1 N–H and O–H groups in total. The van der Waals surface area contributed by atoms with E-state index in [0.717, 1.165) is 27.6 Å². The number of anilines is 2. The van der Waals surface area contributed by atoms with E-state index in [2.05, 4.69) is 22.4 Å². The van der Waals surface area contributed by atoms with Gasteiger partial charge in [-0.15, -0.1) is 11.3 Å². The van der Waals surface area contributed by atoms with E-state index in [1.807, 2.05) is 78.2 Å². The van der Waals surface area contributed by atoms with Crippen LogP contribution in [0, 0.1) is 0 Å². The minimum atomic E-state index is -0.331. The van der Waals surface area contributed by atoms with Crippen LogP contribution >= 0.6 is 11.3 Å². The Bertz CT molecular complexity index is 1080. The molecule has 1 aromatic heterocycles. The summed E-state index contributed by atoms with van der Waals surface area (Å²) in [7, 11) is 0. The summed E-state index contributed by atoms with van der Waals surface area (Å²) in [4.78, 5) is 17.2. The molecule has 144 valence electrons. The highest BCUT2D eigenvalue weighted by Gasteiger charge is 2.14. The fourth-order valence-corrected chi connectivity index (χ4v) is 3.70. The predicted molar refractivity (Wildman–Crippen MR) is 117 cm³/mol. The van der Waals surface area contributed by atoms with E-state index >= 15 is 0 Å². The number of benzene rings is 3. The van der Waals surface area contributed by atoms with Crippen molar-refractivity contribution in [3.8, 4) is 0 Å². The van der Waals surface area contributed by atoms with Crippen LogP contribution in [0.3, 0.4) is 0 Å². The predicted octanol–water partition coefficient (Wildman–Crippen LogP) is 5.83. The van der Waals surface area contributed by atoms with Gasteiger partial charge < -0.3 is 10.1 Å². The highest BCUT2D eigenvalue weighted by molar-refractivity contribution is 7.13. The van der Waals surface area contributed by atoms with Gasteiger partial charge in [0.05, 0.1) is 11.3 Å².